The molecular weight excluding hydrogens is 362 g/mol. The van der Waals surface area contributed by atoms with Gasteiger partial charge in [0.05, 0.1) is 6.61 Å². The van der Waals surface area contributed by atoms with Crippen molar-refractivity contribution in [2.45, 2.75) is 19.3 Å². The molecule has 0 aromatic carbocycles. The van der Waals surface area contributed by atoms with Crippen molar-refractivity contribution in [1.82, 2.24) is 14.9 Å². The maximum absolute atomic E-state index is 12.0. The zero-order chi connectivity index (χ0) is 18.6. The molecule has 2 aliphatic rings. The number of likely N-dealkylation sites (tertiary alicyclic amines) is 1. The monoisotopic (exact) mass is 385 g/mol. The minimum absolute atomic E-state index is 0.0739. The number of aromatic nitrogens is 2. The summed E-state index contributed by atoms with van der Waals surface area (Å²) in [7, 11) is 0. The van der Waals surface area contributed by atoms with Gasteiger partial charge in [0.25, 0.3) is 0 Å². The number of aliphatic hydroxyl groups excluding tert-OH is 1. The lowest BCUT2D eigenvalue weighted by Gasteiger charge is -2.31. The number of ketones is 1. The molecule has 0 radical (unpaired) electrons. The third-order valence-corrected chi connectivity index (χ3v) is 5.93. The lowest BCUT2D eigenvalue weighted by Crippen LogP contribution is -2.37. The van der Waals surface area contributed by atoms with Crippen molar-refractivity contribution in [3.05, 3.63) is 23.2 Å². The summed E-state index contributed by atoms with van der Waals surface area (Å²) < 4.78 is 0. The van der Waals surface area contributed by atoms with Crippen LogP contribution in [0.2, 0.25) is 0 Å². The largest absolute Gasteiger partial charge is 0.395 e. The molecular formula is C19H23N5O2S. The van der Waals surface area contributed by atoms with Crippen LogP contribution in [0.3, 0.4) is 0 Å². The number of anilines is 1. The standard InChI is InChI=1S/C19H23N5O2S/c25-10-9-24-7-3-13(4-8-24)11-22-19-23-15(12-27-19)18-17-14(1-5-21-18)16(26)2-6-20-17/h1,5-6,12-13,25H,2-4,7-11H2,(H,22,23). The lowest BCUT2D eigenvalue weighted by molar-refractivity contribution is 0.100. The van der Waals surface area contributed by atoms with E-state index in [0.717, 1.165) is 49.8 Å². The number of hydrogen-bond acceptors (Lipinski definition) is 8. The Hall–Kier alpha value is -2.16. The van der Waals surface area contributed by atoms with Crippen LogP contribution in [0.1, 0.15) is 29.6 Å². The molecule has 1 saturated heterocycles. The first-order valence-corrected chi connectivity index (χ1v) is 10.2. The summed E-state index contributed by atoms with van der Waals surface area (Å²) >= 11 is 1.55. The number of rotatable bonds is 6. The van der Waals surface area contributed by atoms with Crippen LogP contribution < -0.4 is 5.32 Å². The highest BCUT2D eigenvalue weighted by Crippen LogP contribution is 2.35. The molecule has 1 fully saturated rings. The Kier molecular flexibility index (Phi) is 5.56. The van der Waals surface area contributed by atoms with E-state index in [9.17, 15) is 4.79 Å². The predicted octanol–water partition coefficient (Wildman–Crippen LogP) is 2.61. The first-order valence-electron chi connectivity index (χ1n) is 9.32. The summed E-state index contributed by atoms with van der Waals surface area (Å²) in [5, 5.41) is 15.3. The molecule has 4 heterocycles. The molecule has 2 N–H and O–H groups in total. The van der Waals surface area contributed by atoms with E-state index in [4.69, 9.17) is 5.11 Å². The Balaban J connectivity index is 1.40. The Bertz CT molecular complexity index is 842. The van der Waals surface area contributed by atoms with Gasteiger partial charge >= 0.3 is 0 Å². The van der Waals surface area contributed by atoms with Crippen molar-refractivity contribution < 1.29 is 9.90 Å². The second kappa shape index (κ2) is 8.24. The van der Waals surface area contributed by atoms with E-state index in [1.54, 1.807) is 29.8 Å². The smallest absolute Gasteiger partial charge is 0.183 e. The van der Waals surface area contributed by atoms with Crippen molar-refractivity contribution in [2.24, 2.45) is 10.9 Å². The van der Waals surface area contributed by atoms with Crippen LogP contribution in [0, 0.1) is 5.92 Å². The molecule has 0 amide bonds. The third-order valence-electron chi connectivity index (χ3n) is 5.13. The van der Waals surface area contributed by atoms with Crippen molar-refractivity contribution in [3.8, 4) is 11.4 Å². The Morgan fingerprint density at radius 1 is 1.33 bits per heavy atom. The number of carbonyl (C=O) groups is 1. The van der Waals surface area contributed by atoms with Crippen LogP contribution in [-0.4, -0.2) is 64.8 Å². The quantitative estimate of drug-likeness (QED) is 0.794. The number of nitrogens with one attached hydrogen (secondary N) is 1. The molecule has 0 unspecified atom stereocenters. The van der Waals surface area contributed by atoms with Gasteiger partial charge in [-0.2, -0.15) is 0 Å². The average molecular weight is 385 g/mol. The van der Waals surface area contributed by atoms with Gasteiger partial charge in [0, 0.05) is 42.9 Å². The first kappa shape index (κ1) is 18.2. The maximum atomic E-state index is 12.0. The summed E-state index contributed by atoms with van der Waals surface area (Å²) in [6.45, 7) is 3.99. The number of hydrogen-bond donors (Lipinski definition) is 2. The summed E-state index contributed by atoms with van der Waals surface area (Å²) in [4.78, 5) is 27.8. The Labute approximate surface area is 162 Å². The molecule has 0 spiro atoms. The molecule has 0 aliphatic carbocycles. The Morgan fingerprint density at radius 3 is 3.00 bits per heavy atom. The van der Waals surface area contributed by atoms with E-state index in [0.29, 0.717) is 29.3 Å². The average Bonchev–Trinajstić information content (AvgIpc) is 3.16. The minimum Gasteiger partial charge on any atom is -0.395 e. The van der Waals surface area contributed by atoms with Crippen LogP contribution in [0.25, 0.3) is 11.4 Å². The van der Waals surface area contributed by atoms with Gasteiger partial charge in [-0.3, -0.25) is 14.8 Å². The molecule has 0 atom stereocenters. The normalized spacial score (nSPS) is 17.9. The SMILES string of the molecule is O=C1CC=Nc2c1ccnc2-c1csc(NCC2CCN(CCO)CC2)n1. The molecule has 0 bridgehead atoms. The van der Waals surface area contributed by atoms with Crippen molar-refractivity contribution in [1.29, 1.82) is 0 Å². The molecule has 27 heavy (non-hydrogen) atoms. The second-order valence-corrected chi connectivity index (χ2v) is 7.78. The van der Waals surface area contributed by atoms with Gasteiger partial charge in [-0.15, -0.1) is 11.3 Å². The predicted molar refractivity (Wildman–Crippen MR) is 107 cm³/mol. The summed E-state index contributed by atoms with van der Waals surface area (Å²) in [5.74, 6) is 0.696. The van der Waals surface area contributed by atoms with Crippen molar-refractivity contribution >= 4 is 34.2 Å². The number of thiazole rings is 1. The molecule has 8 heteroatoms. The summed E-state index contributed by atoms with van der Waals surface area (Å²) in [6.07, 6.45) is 5.91. The highest BCUT2D eigenvalue weighted by Gasteiger charge is 2.21. The van der Waals surface area contributed by atoms with Gasteiger partial charge in [0.15, 0.2) is 10.9 Å². The number of Topliss-reactive ketones (excluding diaryl/α,β-unsaturated/α-hetero) is 1. The van der Waals surface area contributed by atoms with Gasteiger partial charge in [0.1, 0.15) is 17.1 Å². The van der Waals surface area contributed by atoms with Gasteiger partial charge < -0.3 is 15.3 Å². The fraction of sp³-hybridized carbons (Fsp3) is 0.474. The van der Waals surface area contributed by atoms with Gasteiger partial charge in [-0.25, -0.2) is 4.98 Å². The molecule has 2 aliphatic heterocycles. The Morgan fingerprint density at radius 2 is 2.19 bits per heavy atom. The van der Waals surface area contributed by atoms with Crippen LogP contribution in [0.5, 0.6) is 0 Å². The number of piperidine rings is 1. The highest BCUT2D eigenvalue weighted by atomic mass is 32.1. The number of nitrogens with zero attached hydrogens (tertiary/aromatic N) is 4. The molecule has 4 rings (SSSR count). The fourth-order valence-corrected chi connectivity index (χ4v) is 4.28. The van der Waals surface area contributed by atoms with Crippen LogP contribution in [0.4, 0.5) is 10.8 Å². The second-order valence-electron chi connectivity index (χ2n) is 6.92. The van der Waals surface area contributed by atoms with E-state index >= 15 is 0 Å². The molecule has 142 valence electrons. The van der Waals surface area contributed by atoms with Gasteiger partial charge in [-0.1, -0.05) is 0 Å². The minimum atomic E-state index is 0.0739. The summed E-state index contributed by atoms with van der Waals surface area (Å²) in [6, 6.07) is 1.73. The van der Waals surface area contributed by atoms with Gasteiger partial charge in [-0.05, 0) is 37.9 Å². The molecule has 2 aromatic heterocycles. The summed E-state index contributed by atoms with van der Waals surface area (Å²) in [5.41, 5.74) is 2.67. The van der Waals surface area contributed by atoms with E-state index in [1.807, 2.05) is 5.38 Å². The van der Waals surface area contributed by atoms with E-state index < -0.39 is 0 Å². The van der Waals surface area contributed by atoms with Crippen molar-refractivity contribution in [3.63, 3.8) is 0 Å². The fourth-order valence-electron chi connectivity index (χ4n) is 3.58. The zero-order valence-electron chi connectivity index (χ0n) is 15.1. The number of pyridine rings is 1. The third kappa shape index (κ3) is 4.07. The topological polar surface area (TPSA) is 90.7 Å². The number of aliphatic imine (C=N–C) groups is 1. The first-order chi connectivity index (χ1) is 13.2. The highest BCUT2D eigenvalue weighted by molar-refractivity contribution is 7.14. The number of aliphatic hydroxyl groups is 1. The van der Waals surface area contributed by atoms with E-state index in [2.05, 4.69) is 25.2 Å². The molecule has 0 saturated carbocycles. The zero-order valence-corrected chi connectivity index (χ0v) is 15.9. The van der Waals surface area contributed by atoms with E-state index in [-0.39, 0.29) is 12.4 Å². The van der Waals surface area contributed by atoms with E-state index in [1.165, 1.54) is 0 Å². The van der Waals surface area contributed by atoms with Crippen LogP contribution in [-0.2, 0) is 0 Å². The van der Waals surface area contributed by atoms with Gasteiger partial charge in [0.2, 0.25) is 0 Å². The number of β-amino-alcohol motifs (C(OH)–C–C–N with tert-alkyl or cyclic N) is 1. The van der Waals surface area contributed by atoms with Crippen LogP contribution >= 0.6 is 11.3 Å². The maximum Gasteiger partial charge on any atom is 0.183 e. The molecule has 7 nitrogen and oxygen atoms in total. The molecule has 2 aromatic rings. The number of carbonyl (C=O) groups excluding carboxylic acids is 1. The van der Waals surface area contributed by atoms with Crippen LogP contribution in [0.15, 0.2) is 22.6 Å². The lowest BCUT2D eigenvalue weighted by atomic mass is 9.97. The number of fused-ring (bicyclic) bond motifs is 1. The van der Waals surface area contributed by atoms with Crippen molar-refractivity contribution in [2.75, 3.05) is 38.1 Å².